The molecule has 2 aromatic carbocycles. The van der Waals surface area contributed by atoms with Crippen molar-refractivity contribution in [3.05, 3.63) is 59.7 Å². The van der Waals surface area contributed by atoms with Crippen LogP contribution in [0, 0.1) is 0 Å². The molecule has 0 aliphatic rings. The van der Waals surface area contributed by atoms with Crippen LogP contribution in [-0.2, 0) is 11.0 Å². The van der Waals surface area contributed by atoms with Crippen LogP contribution >= 0.6 is 11.8 Å². The maximum Gasteiger partial charge on any atom is 0.416 e. The van der Waals surface area contributed by atoms with Crippen LogP contribution in [0.5, 0.6) is 0 Å². The molecular weight excluding hydrogens is 395 g/mol. The maximum absolute atomic E-state index is 12.6. The first-order chi connectivity index (χ1) is 13.2. The van der Waals surface area contributed by atoms with Gasteiger partial charge in [-0.1, -0.05) is 12.1 Å². The van der Waals surface area contributed by atoms with Crippen LogP contribution in [0.1, 0.15) is 22.3 Å². The summed E-state index contributed by atoms with van der Waals surface area (Å²) in [6, 6.07) is 10.3. The minimum absolute atomic E-state index is 0.0184. The topological polar surface area (TPSA) is 101 Å². The van der Waals surface area contributed by atoms with E-state index >= 15 is 0 Å². The summed E-state index contributed by atoms with van der Waals surface area (Å²) < 4.78 is 37.7. The number of halogens is 3. The number of amides is 3. The normalized spacial score (nSPS) is 11.0. The van der Waals surface area contributed by atoms with Gasteiger partial charge in [-0.3, -0.25) is 14.4 Å². The van der Waals surface area contributed by atoms with Crippen molar-refractivity contribution in [2.24, 2.45) is 5.73 Å². The molecule has 3 amide bonds. The van der Waals surface area contributed by atoms with Crippen molar-refractivity contribution in [3.63, 3.8) is 0 Å². The number of alkyl halides is 3. The second kappa shape index (κ2) is 9.27. The summed E-state index contributed by atoms with van der Waals surface area (Å²) in [7, 11) is 0. The van der Waals surface area contributed by atoms with Crippen LogP contribution in [0.4, 0.5) is 23.7 Å². The molecule has 4 N–H and O–H groups in total. The third-order valence-corrected chi connectivity index (χ3v) is 4.31. The smallest absolute Gasteiger partial charge is 0.370 e. The predicted octanol–water partition coefficient (Wildman–Crippen LogP) is 3.63. The molecule has 2 rings (SSSR count). The zero-order valence-electron chi connectivity index (χ0n) is 14.4. The van der Waals surface area contributed by atoms with Gasteiger partial charge in [0.05, 0.1) is 11.1 Å². The lowest BCUT2D eigenvalue weighted by Crippen LogP contribution is -2.28. The summed E-state index contributed by atoms with van der Waals surface area (Å²) >= 11 is 0.718. The largest absolute Gasteiger partial charge is 0.416 e. The minimum Gasteiger partial charge on any atom is -0.370 e. The van der Waals surface area contributed by atoms with Crippen LogP contribution in [0.15, 0.2) is 53.4 Å². The van der Waals surface area contributed by atoms with Crippen molar-refractivity contribution in [1.29, 1.82) is 0 Å². The van der Waals surface area contributed by atoms with Gasteiger partial charge in [-0.15, -0.1) is 0 Å². The van der Waals surface area contributed by atoms with Crippen LogP contribution in [0.3, 0.4) is 0 Å². The van der Waals surface area contributed by atoms with Crippen LogP contribution in [0.2, 0.25) is 0 Å². The molecule has 0 atom stereocenters. The predicted molar refractivity (Wildman–Crippen MR) is 98.9 cm³/mol. The molecule has 0 fully saturated rings. The molecule has 0 saturated carbocycles. The summed E-state index contributed by atoms with van der Waals surface area (Å²) in [5.41, 5.74) is 4.60. The Bertz CT molecular complexity index is 870. The molecule has 0 spiro atoms. The number of hydrogen-bond donors (Lipinski definition) is 3. The summed E-state index contributed by atoms with van der Waals surface area (Å²) in [5.74, 6) is -1.04. The number of hydrogen-bond acceptors (Lipinski definition) is 4. The van der Waals surface area contributed by atoms with Crippen LogP contribution < -0.4 is 16.4 Å². The number of carbonyl (C=O) groups is 3. The number of nitrogens with one attached hydrogen (secondary N) is 2. The van der Waals surface area contributed by atoms with Gasteiger partial charge in [0.2, 0.25) is 5.91 Å². The van der Waals surface area contributed by atoms with E-state index in [1.54, 1.807) is 18.2 Å². The standard InChI is InChI=1S/C18H16F3N3O3S/c19-18(20,21)11-5-7-12(8-6-11)24-17(27)28-14-4-2-1-3-13(14)16(26)23-10-9-15(22)25/h1-8H,9-10H2,(H2,22,25)(H,23,26)(H,24,27). The van der Waals surface area contributed by atoms with E-state index in [0.29, 0.717) is 4.90 Å². The van der Waals surface area contributed by atoms with Crippen molar-refractivity contribution in [3.8, 4) is 0 Å². The molecule has 0 heterocycles. The Morgan fingerprint density at radius 3 is 2.25 bits per heavy atom. The van der Waals surface area contributed by atoms with Gasteiger partial charge in [0.1, 0.15) is 0 Å². The van der Waals surface area contributed by atoms with E-state index in [1.165, 1.54) is 6.07 Å². The van der Waals surface area contributed by atoms with E-state index in [1.807, 2.05) is 0 Å². The van der Waals surface area contributed by atoms with Crippen molar-refractivity contribution >= 4 is 34.5 Å². The van der Waals surface area contributed by atoms with Gasteiger partial charge in [0.25, 0.3) is 11.1 Å². The fraction of sp³-hybridized carbons (Fsp3) is 0.167. The molecule has 0 bridgehead atoms. The van der Waals surface area contributed by atoms with Crippen LogP contribution in [0.25, 0.3) is 0 Å². The van der Waals surface area contributed by atoms with Crippen molar-refractivity contribution < 1.29 is 27.6 Å². The van der Waals surface area contributed by atoms with Gasteiger partial charge in [-0.2, -0.15) is 13.2 Å². The molecule has 148 valence electrons. The highest BCUT2D eigenvalue weighted by molar-refractivity contribution is 8.14. The zero-order valence-corrected chi connectivity index (χ0v) is 15.2. The number of thioether (sulfide) groups is 1. The van der Waals surface area contributed by atoms with Gasteiger partial charge in [-0.05, 0) is 48.2 Å². The number of rotatable bonds is 6. The highest BCUT2D eigenvalue weighted by Gasteiger charge is 2.30. The third-order valence-electron chi connectivity index (χ3n) is 3.45. The third kappa shape index (κ3) is 6.31. The first-order valence-electron chi connectivity index (χ1n) is 7.98. The van der Waals surface area contributed by atoms with E-state index < -0.39 is 28.8 Å². The number of anilines is 1. The van der Waals surface area contributed by atoms with Gasteiger partial charge in [0, 0.05) is 23.5 Å². The SMILES string of the molecule is NC(=O)CCNC(=O)c1ccccc1SC(=O)Nc1ccc(C(F)(F)F)cc1. The van der Waals surface area contributed by atoms with E-state index in [9.17, 15) is 27.6 Å². The van der Waals surface area contributed by atoms with Crippen molar-refractivity contribution in [2.75, 3.05) is 11.9 Å². The summed E-state index contributed by atoms with van der Waals surface area (Å²) in [6.07, 6.45) is -4.48. The van der Waals surface area contributed by atoms with E-state index in [2.05, 4.69) is 10.6 Å². The Labute approximate surface area is 162 Å². The fourth-order valence-electron chi connectivity index (χ4n) is 2.12. The highest BCUT2D eigenvalue weighted by atomic mass is 32.2. The van der Waals surface area contributed by atoms with Crippen LogP contribution in [-0.4, -0.2) is 23.6 Å². The van der Waals surface area contributed by atoms with Gasteiger partial charge in [0.15, 0.2) is 0 Å². The molecular formula is C18H16F3N3O3S. The van der Waals surface area contributed by atoms with Gasteiger partial charge < -0.3 is 16.4 Å². The monoisotopic (exact) mass is 411 g/mol. The summed E-state index contributed by atoms with van der Waals surface area (Å²) in [5, 5.41) is 4.41. The zero-order chi connectivity index (χ0) is 20.7. The molecule has 0 saturated heterocycles. The quantitative estimate of drug-likeness (QED) is 0.632. The van der Waals surface area contributed by atoms with Crippen molar-refractivity contribution in [1.82, 2.24) is 5.32 Å². The van der Waals surface area contributed by atoms with E-state index in [4.69, 9.17) is 5.73 Å². The van der Waals surface area contributed by atoms with Gasteiger partial charge in [-0.25, -0.2) is 0 Å². The molecule has 0 aliphatic carbocycles. The molecule has 6 nitrogen and oxygen atoms in total. The Balaban J connectivity index is 2.02. The molecule has 0 unspecified atom stereocenters. The summed E-state index contributed by atoms with van der Waals surface area (Å²) in [6.45, 7) is 0.0604. The molecule has 2 aromatic rings. The Hall–Kier alpha value is -3.01. The number of benzene rings is 2. The summed E-state index contributed by atoms with van der Waals surface area (Å²) in [4.78, 5) is 35.5. The Kier molecular flexibility index (Phi) is 7.05. The molecule has 28 heavy (non-hydrogen) atoms. The number of primary amides is 1. The molecule has 0 aromatic heterocycles. The number of nitrogens with two attached hydrogens (primary N) is 1. The lowest BCUT2D eigenvalue weighted by Gasteiger charge is -2.10. The molecule has 0 radical (unpaired) electrons. The lowest BCUT2D eigenvalue weighted by molar-refractivity contribution is -0.137. The van der Waals surface area contributed by atoms with E-state index in [-0.39, 0.29) is 24.2 Å². The second-order valence-electron chi connectivity index (χ2n) is 5.56. The first kappa shape index (κ1) is 21.3. The number of carbonyl (C=O) groups excluding carboxylic acids is 3. The van der Waals surface area contributed by atoms with Crippen molar-refractivity contribution in [2.45, 2.75) is 17.5 Å². The molecule has 10 heteroatoms. The Morgan fingerprint density at radius 2 is 1.64 bits per heavy atom. The lowest BCUT2D eigenvalue weighted by atomic mass is 10.2. The van der Waals surface area contributed by atoms with E-state index in [0.717, 1.165) is 36.0 Å². The average Bonchev–Trinajstić information content (AvgIpc) is 2.61. The highest BCUT2D eigenvalue weighted by Crippen LogP contribution is 2.30. The maximum atomic E-state index is 12.6. The second-order valence-corrected chi connectivity index (χ2v) is 6.57. The minimum atomic E-state index is -4.46. The fourth-order valence-corrected chi connectivity index (χ4v) is 2.91. The average molecular weight is 411 g/mol. The first-order valence-corrected chi connectivity index (χ1v) is 8.80. The van der Waals surface area contributed by atoms with Gasteiger partial charge >= 0.3 is 6.18 Å². The molecule has 0 aliphatic heterocycles. The Morgan fingerprint density at radius 1 is 1.00 bits per heavy atom.